The van der Waals surface area contributed by atoms with Crippen molar-refractivity contribution >= 4 is 23.4 Å². The van der Waals surface area contributed by atoms with Crippen molar-refractivity contribution < 1.29 is 14.0 Å². The maximum absolute atomic E-state index is 13.6. The number of H-pyrrole nitrogens is 1. The second-order valence-electron chi connectivity index (χ2n) is 5.24. The largest absolute Gasteiger partial charge is 0.354 e. The molecule has 122 valence electrons. The van der Waals surface area contributed by atoms with Gasteiger partial charge >= 0.3 is 0 Å². The summed E-state index contributed by atoms with van der Waals surface area (Å²) in [4.78, 5) is 29.0. The Morgan fingerprint density at radius 2 is 2.32 bits per heavy atom. The lowest BCUT2D eigenvalue weighted by molar-refractivity contribution is -0.132. The normalized spacial score (nSPS) is 21.1. The number of aromatic amines is 1. The average molecular weight is 332 g/mol. The van der Waals surface area contributed by atoms with Gasteiger partial charge in [0.25, 0.3) is 0 Å². The summed E-state index contributed by atoms with van der Waals surface area (Å²) < 4.78 is 13.6. The van der Waals surface area contributed by atoms with E-state index in [2.05, 4.69) is 20.5 Å². The third kappa shape index (κ3) is 4.40. The molecule has 0 spiro atoms. The lowest BCUT2D eigenvalue weighted by Gasteiger charge is -2.24. The molecule has 0 aliphatic carbocycles. The number of rotatable bonds is 6. The average Bonchev–Trinajstić information content (AvgIpc) is 3.08. The number of carbonyl (C=O) groups is 2. The summed E-state index contributed by atoms with van der Waals surface area (Å²) >= 11 is 5.59. The van der Waals surface area contributed by atoms with Crippen LogP contribution in [0.1, 0.15) is 32.0 Å². The van der Waals surface area contributed by atoms with Crippen LogP contribution in [-0.4, -0.2) is 57.2 Å². The van der Waals surface area contributed by atoms with Crippen LogP contribution >= 0.6 is 11.6 Å². The molecule has 0 radical (unpaired) electrons. The molecule has 1 aromatic heterocycles. The second kappa shape index (κ2) is 7.53. The van der Waals surface area contributed by atoms with Crippen LogP contribution in [0.15, 0.2) is 0 Å². The molecule has 1 saturated heterocycles. The number of hydrogen-bond acceptors (Lipinski definition) is 4. The summed E-state index contributed by atoms with van der Waals surface area (Å²) in [6.45, 7) is 2.10. The van der Waals surface area contributed by atoms with Gasteiger partial charge in [-0.15, -0.1) is 5.10 Å². The first-order valence-corrected chi connectivity index (χ1v) is 7.64. The zero-order chi connectivity index (χ0) is 16.1. The molecular weight excluding hydrogens is 313 g/mol. The molecule has 1 fully saturated rings. The van der Waals surface area contributed by atoms with E-state index in [9.17, 15) is 14.0 Å². The van der Waals surface area contributed by atoms with E-state index < -0.39 is 6.17 Å². The topological polar surface area (TPSA) is 91.0 Å². The predicted octanol–water partition coefficient (Wildman–Crippen LogP) is 0.856. The molecule has 1 aliphatic heterocycles. The van der Waals surface area contributed by atoms with E-state index in [0.29, 0.717) is 18.7 Å². The van der Waals surface area contributed by atoms with Crippen LogP contribution < -0.4 is 5.32 Å². The molecule has 2 heterocycles. The Bertz CT molecular complexity index is 538. The number of aromatic nitrogens is 3. The Hall–Kier alpha value is -1.70. The van der Waals surface area contributed by atoms with Crippen molar-refractivity contribution in [2.45, 2.75) is 44.8 Å². The molecular formula is C13H19ClFN5O2. The van der Waals surface area contributed by atoms with Crippen molar-refractivity contribution in [3.63, 3.8) is 0 Å². The third-order valence-electron chi connectivity index (χ3n) is 3.62. The van der Waals surface area contributed by atoms with E-state index in [1.165, 1.54) is 4.90 Å². The Kier molecular flexibility index (Phi) is 5.70. The van der Waals surface area contributed by atoms with Gasteiger partial charge < -0.3 is 10.2 Å². The molecule has 0 unspecified atom stereocenters. The lowest BCUT2D eigenvalue weighted by Crippen LogP contribution is -2.43. The predicted molar refractivity (Wildman–Crippen MR) is 78.0 cm³/mol. The zero-order valence-corrected chi connectivity index (χ0v) is 13.1. The molecule has 2 atom stereocenters. The highest BCUT2D eigenvalue weighted by molar-refractivity contribution is 6.28. The van der Waals surface area contributed by atoms with E-state index in [4.69, 9.17) is 11.6 Å². The monoisotopic (exact) mass is 331 g/mol. The van der Waals surface area contributed by atoms with Crippen LogP contribution in [0, 0.1) is 0 Å². The van der Waals surface area contributed by atoms with Crippen LogP contribution in [0.2, 0.25) is 5.28 Å². The number of amides is 2. The number of hydrogen-bond donors (Lipinski definition) is 2. The molecule has 9 heteroatoms. The fourth-order valence-electron chi connectivity index (χ4n) is 2.47. The summed E-state index contributed by atoms with van der Waals surface area (Å²) in [7, 11) is 0. The highest BCUT2D eigenvalue weighted by Gasteiger charge is 2.35. The van der Waals surface area contributed by atoms with Crippen LogP contribution in [-0.2, 0) is 16.0 Å². The molecule has 0 bridgehead atoms. The van der Waals surface area contributed by atoms with E-state index in [0.717, 1.165) is 0 Å². The fraction of sp³-hybridized carbons (Fsp3) is 0.692. The Labute approximate surface area is 132 Å². The van der Waals surface area contributed by atoms with Crippen LogP contribution in [0.25, 0.3) is 0 Å². The van der Waals surface area contributed by atoms with Crippen LogP contribution in [0.4, 0.5) is 4.39 Å². The molecule has 7 nitrogen and oxygen atoms in total. The quantitative estimate of drug-likeness (QED) is 0.808. The van der Waals surface area contributed by atoms with Crippen molar-refractivity contribution in [3.05, 3.63) is 11.1 Å². The van der Waals surface area contributed by atoms with E-state index in [-0.39, 0.29) is 49.1 Å². The smallest absolute Gasteiger partial charge is 0.242 e. The van der Waals surface area contributed by atoms with Gasteiger partial charge in [-0.2, -0.15) is 0 Å². The zero-order valence-electron chi connectivity index (χ0n) is 12.3. The minimum absolute atomic E-state index is 0.0721. The first-order chi connectivity index (χ1) is 10.5. The Morgan fingerprint density at radius 1 is 1.55 bits per heavy atom. The number of nitrogens with zero attached hydrogens (tertiary/aromatic N) is 3. The first kappa shape index (κ1) is 16.7. The van der Waals surface area contributed by atoms with E-state index >= 15 is 0 Å². The van der Waals surface area contributed by atoms with Crippen molar-refractivity contribution in [2.24, 2.45) is 0 Å². The molecule has 1 aromatic rings. The highest BCUT2D eigenvalue weighted by atomic mass is 35.5. The molecule has 0 saturated carbocycles. The minimum atomic E-state index is -1.05. The number of carbonyl (C=O) groups excluding carboxylic acids is 2. The highest BCUT2D eigenvalue weighted by Crippen LogP contribution is 2.21. The Balaban J connectivity index is 1.87. The van der Waals surface area contributed by atoms with Gasteiger partial charge in [-0.1, -0.05) is 6.92 Å². The van der Waals surface area contributed by atoms with Crippen molar-refractivity contribution in [2.75, 3.05) is 13.1 Å². The third-order valence-corrected chi connectivity index (χ3v) is 3.79. The van der Waals surface area contributed by atoms with Gasteiger partial charge in [-0.3, -0.25) is 14.7 Å². The van der Waals surface area contributed by atoms with Crippen LogP contribution in [0.3, 0.4) is 0 Å². The Morgan fingerprint density at radius 3 is 2.95 bits per heavy atom. The number of aryl methyl sites for hydroxylation is 1. The summed E-state index contributed by atoms with van der Waals surface area (Å²) in [6, 6.07) is -0.295. The second-order valence-corrected chi connectivity index (χ2v) is 5.58. The summed E-state index contributed by atoms with van der Waals surface area (Å²) in [5.74, 6) is 0.250. The summed E-state index contributed by atoms with van der Waals surface area (Å²) in [5.41, 5.74) is 0. The van der Waals surface area contributed by atoms with Gasteiger partial charge in [0.15, 0.2) is 0 Å². The fourth-order valence-corrected chi connectivity index (χ4v) is 2.61. The van der Waals surface area contributed by atoms with Gasteiger partial charge in [0, 0.05) is 32.2 Å². The first-order valence-electron chi connectivity index (χ1n) is 7.26. The number of likely N-dealkylation sites (tertiary alicyclic amines) is 1. The molecule has 2 N–H and O–H groups in total. The number of alkyl halides is 1. The van der Waals surface area contributed by atoms with E-state index in [1.807, 2.05) is 0 Å². The minimum Gasteiger partial charge on any atom is -0.354 e. The molecule has 1 aliphatic rings. The maximum atomic E-state index is 13.6. The van der Waals surface area contributed by atoms with Crippen molar-refractivity contribution in [3.8, 4) is 0 Å². The van der Waals surface area contributed by atoms with Crippen molar-refractivity contribution in [1.82, 2.24) is 25.4 Å². The van der Waals surface area contributed by atoms with Gasteiger partial charge in [0.1, 0.15) is 12.0 Å². The van der Waals surface area contributed by atoms with Gasteiger partial charge in [0.2, 0.25) is 17.1 Å². The molecule has 2 rings (SSSR count). The standard InChI is InChI=1S/C13H19ClFN5O2/c1-2-11(21)16-6-9-5-8(15)7-20(9)12(22)4-3-10-17-13(14)19-18-10/h8-9H,2-7H2,1H3,(H,16,21)(H,17,18,19)/t8-,9-/m0/s1. The van der Waals surface area contributed by atoms with Gasteiger partial charge in [-0.25, -0.2) is 9.37 Å². The molecule has 0 aromatic carbocycles. The molecule has 22 heavy (non-hydrogen) atoms. The van der Waals surface area contributed by atoms with E-state index in [1.54, 1.807) is 6.92 Å². The SMILES string of the molecule is CCC(=O)NC[C@@H]1C[C@H](F)CN1C(=O)CCc1nc(Cl)n[nH]1. The summed E-state index contributed by atoms with van der Waals surface area (Å²) in [5, 5.41) is 9.11. The number of halogens is 2. The van der Waals surface area contributed by atoms with Gasteiger partial charge in [-0.05, 0) is 11.6 Å². The number of nitrogens with one attached hydrogen (secondary N) is 2. The maximum Gasteiger partial charge on any atom is 0.242 e. The molecule has 2 amide bonds. The van der Waals surface area contributed by atoms with Crippen molar-refractivity contribution in [1.29, 1.82) is 0 Å². The summed E-state index contributed by atoms with van der Waals surface area (Å²) in [6.07, 6.45) is 0.124. The van der Waals surface area contributed by atoms with Crippen LogP contribution in [0.5, 0.6) is 0 Å². The lowest BCUT2D eigenvalue weighted by atomic mass is 10.2. The van der Waals surface area contributed by atoms with Gasteiger partial charge in [0.05, 0.1) is 12.6 Å².